The van der Waals surface area contributed by atoms with Crippen LogP contribution in [0.5, 0.6) is 0 Å². The fourth-order valence-corrected chi connectivity index (χ4v) is 10.4. The zero-order valence-corrected chi connectivity index (χ0v) is 36.6. The van der Waals surface area contributed by atoms with Gasteiger partial charge in [-0.1, -0.05) is 200 Å². The number of nitrogens with zero attached hydrogens (tertiary/aromatic N) is 2. The van der Waals surface area contributed by atoms with E-state index in [1.165, 1.54) is 49.3 Å². The summed E-state index contributed by atoms with van der Waals surface area (Å²) in [4.78, 5) is 2.43. The van der Waals surface area contributed by atoms with Crippen LogP contribution < -0.4 is 4.90 Å². The van der Waals surface area contributed by atoms with Crippen LogP contribution in [0.2, 0.25) is 0 Å². The lowest BCUT2D eigenvalue weighted by Crippen LogP contribution is -2.12. The van der Waals surface area contributed by atoms with Crippen molar-refractivity contribution in [1.29, 1.82) is 0 Å². The summed E-state index contributed by atoms with van der Waals surface area (Å²) < 4.78 is 9.11. The molecule has 3 nitrogen and oxygen atoms in total. The van der Waals surface area contributed by atoms with Gasteiger partial charge in [-0.3, -0.25) is 0 Å². The first-order valence-corrected chi connectivity index (χ1v) is 22.9. The fraction of sp³-hybridized carbons (Fsp3) is 0. The van der Waals surface area contributed by atoms with Crippen LogP contribution in [0.15, 0.2) is 259 Å². The Morgan fingerprint density at radius 2 is 0.836 bits per heavy atom. The second-order valence-corrected chi connectivity index (χ2v) is 17.2. The Balaban J connectivity index is 0.984. The van der Waals surface area contributed by atoms with Gasteiger partial charge in [-0.05, 0) is 87.6 Å². The molecule has 13 rings (SSSR count). The molecule has 0 radical (unpaired) electrons. The summed E-state index contributed by atoms with van der Waals surface area (Å²) in [5.41, 5.74) is 17.6. The van der Waals surface area contributed by atoms with Crippen LogP contribution in [0.1, 0.15) is 0 Å². The first kappa shape index (κ1) is 38.5. The van der Waals surface area contributed by atoms with Gasteiger partial charge in [0, 0.05) is 49.5 Å². The molecule has 11 aromatic carbocycles. The van der Waals surface area contributed by atoms with Gasteiger partial charge in [-0.15, -0.1) is 0 Å². The molecule has 2 aromatic heterocycles. The molecule has 3 heteroatoms. The van der Waals surface area contributed by atoms with E-state index < -0.39 is 0 Å². The van der Waals surface area contributed by atoms with E-state index in [9.17, 15) is 0 Å². The smallest absolute Gasteiger partial charge is 0.143 e. The predicted molar refractivity (Wildman–Crippen MR) is 282 cm³/mol. The predicted octanol–water partition coefficient (Wildman–Crippen LogP) is 18.0. The molecule has 0 saturated carbocycles. The molecule has 314 valence electrons. The highest BCUT2D eigenvalue weighted by molar-refractivity contribution is 6.12. The van der Waals surface area contributed by atoms with Crippen molar-refractivity contribution in [2.75, 3.05) is 4.90 Å². The molecule has 2 heterocycles. The summed E-state index contributed by atoms with van der Waals surface area (Å²) in [5, 5.41) is 7.15. The van der Waals surface area contributed by atoms with Crippen molar-refractivity contribution in [2.24, 2.45) is 0 Å². The largest absolute Gasteiger partial charge is 0.455 e. The number of hydrogen-bond donors (Lipinski definition) is 0. The number of fused-ring (bicyclic) bond motifs is 7. The molecule has 0 atom stereocenters. The summed E-state index contributed by atoms with van der Waals surface area (Å²) in [5.74, 6) is 0. The van der Waals surface area contributed by atoms with Gasteiger partial charge in [0.15, 0.2) is 0 Å². The maximum absolute atomic E-state index is 6.68. The van der Waals surface area contributed by atoms with E-state index in [2.05, 4.69) is 258 Å². The van der Waals surface area contributed by atoms with Crippen LogP contribution in [0.4, 0.5) is 17.1 Å². The first-order valence-electron chi connectivity index (χ1n) is 22.9. The molecule has 0 spiro atoms. The molecule has 13 aromatic rings. The van der Waals surface area contributed by atoms with Crippen molar-refractivity contribution in [1.82, 2.24) is 4.57 Å². The molecule has 0 fully saturated rings. The minimum Gasteiger partial charge on any atom is -0.455 e. The fourth-order valence-electron chi connectivity index (χ4n) is 10.4. The van der Waals surface area contributed by atoms with Crippen molar-refractivity contribution in [3.8, 4) is 50.2 Å². The van der Waals surface area contributed by atoms with Crippen LogP contribution in [-0.2, 0) is 0 Å². The van der Waals surface area contributed by atoms with Crippen LogP contribution >= 0.6 is 0 Å². The molecule has 0 bridgehead atoms. The highest BCUT2D eigenvalue weighted by Crippen LogP contribution is 2.48. The third-order valence-electron chi connectivity index (χ3n) is 13.4. The van der Waals surface area contributed by atoms with E-state index >= 15 is 0 Å². The highest BCUT2D eigenvalue weighted by atomic mass is 16.3. The Morgan fingerprint density at radius 3 is 1.60 bits per heavy atom. The van der Waals surface area contributed by atoms with Crippen molar-refractivity contribution in [3.05, 3.63) is 255 Å². The Morgan fingerprint density at radius 1 is 0.313 bits per heavy atom. The second kappa shape index (κ2) is 16.0. The lowest BCUT2D eigenvalue weighted by molar-refractivity contribution is 0.670. The topological polar surface area (TPSA) is 21.3 Å². The minimum atomic E-state index is 0.882. The van der Waals surface area contributed by atoms with E-state index in [0.717, 1.165) is 72.5 Å². The molecule has 0 aliphatic carbocycles. The van der Waals surface area contributed by atoms with E-state index in [1.807, 2.05) is 6.07 Å². The SMILES string of the molecule is c1ccc(-c2ccccc2-n2c3ccccc3c3ccccc32)c(-c2ccc(N(c3ccccc3-c3ccc4ccccc4c3)c3ccccc3-c3cccc4c3oc3ccccc34)cc2)c1. The van der Waals surface area contributed by atoms with Crippen molar-refractivity contribution in [2.45, 2.75) is 0 Å². The van der Waals surface area contributed by atoms with Gasteiger partial charge < -0.3 is 13.9 Å². The number of furan rings is 1. The molecule has 0 N–H and O–H groups in total. The Bertz CT molecular complexity index is 3950. The second-order valence-electron chi connectivity index (χ2n) is 17.2. The Kier molecular flexibility index (Phi) is 9.17. The van der Waals surface area contributed by atoms with Gasteiger partial charge in [0.25, 0.3) is 0 Å². The number of benzene rings is 11. The third-order valence-corrected chi connectivity index (χ3v) is 13.4. The van der Waals surface area contributed by atoms with Crippen molar-refractivity contribution < 1.29 is 4.42 Å². The molecular weight excluding hydrogens is 813 g/mol. The first-order chi connectivity index (χ1) is 33.3. The third kappa shape index (κ3) is 6.43. The number of hydrogen-bond acceptors (Lipinski definition) is 2. The zero-order chi connectivity index (χ0) is 44.3. The highest BCUT2D eigenvalue weighted by Gasteiger charge is 2.23. The monoisotopic (exact) mass is 854 g/mol. The van der Waals surface area contributed by atoms with Gasteiger partial charge in [0.2, 0.25) is 0 Å². The van der Waals surface area contributed by atoms with Gasteiger partial charge in [0.1, 0.15) is 11.2 Å². The molecule has 0 aliphatic heterocycles. The van der Waals surface area contributed by atoms with E-state index in [-0.39, 0.29) is 0 Å². The van der Waals surface area contributed by atoms with Gasteiger partial charge in [-0.2, -0.15) is 0 Å². The summed E-state index contributed by atoms with van der Waals surface area (Å²) in [7, 11) is 0. The van der Waals surface area contributed by atoms with Gasteiger partial charge in [0.05, 0.1) is 28.1 Å². The minimum absolute atomic E-state index is 0.882. The maximum atomic E-state index is 6.68. The average molecular weight is 855 g/mol. The number of rotatable bonds is 8. The number of anilines is 3. The van der Waals surface area contributed by atoms with Crippen molar-refractivity contribution >= 4 is 71.6 Å². The van der Waals surface area contributed by atoms with Crippen LogP contribution in [0.3, 0.4) is 0 Å². The van der Waals surface area contributed by atoms with E-state index in [0.29, 0.717) is 0 Å². The van der Waals surface area contributed by atoms with Crippen LogP contribution in [0, 0.1) is 0 Å². The Hall–Kier alpha value is -8.92. The zero-order valence-electron chi connectivity index (χ0n) is 36.6. The molecule has 0 unspecified atom stereocenters. The standard InChI is InChI=1S/C64H42N2O/c1-2-19-45-42-46(37-36-43(45)18-1)49-21-5-11-30-58(49)65(59-31-12-9-26-54(59)56-28-17-29-57-55-27-10-16-35-63(55)67-64(56)57)47-40-38-44(39-41-47)48-20-3-4-22-50(48)51-23-6-13-32-60(51)66-61-33-14-7-24-52(61)53-25-8-15-34-62(53)66/h1-42H. The molecular formula is C64H42N2O. The lowest BCUT2D eigenvalue weighted by atomic mass is 9.93. The van der Waals surface area contributed by atoms with E-state index in [4.69, 9.17) is 4.42 Å². The average Bonchev–Trinajstić information content (AvgIpc) is 3.95. The molecule has 67 heavy (non-hydrogen) atoms. The normalized spacial score (nSPS) is 11.6. The summed E-state index contributed by atoms with van der Waals surface area (Å²) in [6, 6.07) is 91.9. The number of para-hydroxylation sites is 7. The summed E-state index contributed by atoms with van der Waals surface area (Å²) >= 11 is 0. The molecule has 0 saturated heterocycles. The quantitative estimate of drug-likeness (QED) is 0.152. The maximum Gasteiger partial charge on any atom is 0.143 e. The molecule has 0 amide bonds. The lowest BCUT2D eigenvalue weighted by Gasteiger charge is -2.30. The molecule has 0 aliphatic rings. The van der Waals surface area contributed by atoms with Gasteiger partial charge in [-0.25, -0.2) is 0 Å². The summed E-state index contributed by atoms with van der Waals surface area (Å²) in [6.07, 6.45) is 0. The van der Waals surface area contributed by atoms with Crippen LogP contribution in [0.25, 0.3) is 105 Å². The van der Waals surface area contributed by atoms with Crippen molar-refractivity contribution in [3.63, 3.8) is 0 Å². The van der Waals surface area contributed by atoms with Gasteiger partial charge >= 0.3 is 0 Å². The van der Waals surface area contributed by atoms with E-state index in [1.54, 1.807) is 0 Å². The summed E-state index contributed by atoms with van der Waals surface area (Å²) in [6.45, 7) is 0. The Labute approximate surface area is 388 Å². The number of aromatic nitrogens is 1. The van der Waals surface area contributed by atoms with Crippen LogP contribution in [-0.4, -0.2) is 4.57 Å².